The van der Waals surface area contributed by atoms with Crippen LogP contribution < -0.4 is 5.32 Å². The Balaban J connectivity index is 0.00000338. The number of nitrogens with one attached hydrogen (secondary N) is 1. The summed E-state index contributed by atoms with van der Waals surface area (Å²) >= 11 is 0. The number of likely N-dealkylation sites (N-methyl/N-ethyl adjacent to an activating group) is 1. The van der Waals surface area contributed by atoms with Crippen LogP contribution in [0, 0.1) is 0 Å². The summed E-state index contributed by atoms with van der Waals surface area (Å²) in [4.78, 5) is 23.1. The fourth-order valence-corrected chi connectivity index (χ4v) is 3.58. The number of halogens is 1. The molecule has 1 saturated heterocycles. The van der Waals surface area contributed by atoms with E-state index >= 15 is 0 Å². The highest BCUT2D eigenvalue weighted by Gasteiger charge is 2.24. The Morgan fingerprint density at radius 2 is 1.77 bits per heavy atom. The Morgan fingerprint density at radius 1 is 1.15 bits per heavy atom. The molecule has 0 spiro atoms. The number of hydrogen-bond acceptors (Lipinski definition) is 4. The van der Waals surface area contributed by atoms with Gasteiger partial charge in [0.1, 0.15) is 0 Å². The lowest BCUT2D eigenvalue weighted by Crippen LogP contribution is -2.54. The third-order valence-corrected chi connectivity index (χ3v) is 5.10. The smallest absolute Gasteiger partial charge is 0.409 e. The van der Waals surface area contributed by atoms with E-state index in [1.165, 1.54) is 25.7 Å². The van der Waals surface area contributed by atoms with Gasteiger partial charge in [-0.15, -0.1) is 24.0 Å². The van der Waals surface area contributed by atoms with Crippen molar-refractivity contribution >= 4 is 36.0 Å². The molecule has 8 heteroatoms. The van der Waals surface area contributed by atoms with Crippen LogP contribution in [-0.2, 0) is 4.74 Å². The molecule has 1 amide bonds. The minimum Gasteiger partial charge on any atom is -0.450 e. The van der Waals surface area contributed by atoms with Crippen molar-refractivity contribution in [3.63, 3.8) is 0 Å². The van der Waals surface area contributed by atoms with Crippen LogP contribution in [0.3, 0.4) is 0 Å². The van der Waals surface area contributed by atoms with Crippen molar-refractivity contribution in [1.29, 1.82) is 0 Å². The molecule has 0 atom stereocenters. The van der Waals surface area contributed by atoms with Gasteiger partial charge in [0, 0.05) is 45.3 Å². The van der Waals surface area contributed by atoms with Gasteiger partial charge in [-0.1, -0.05) is 12.8 Å². The van der Waals surface area contributed by atoms with Crippen molar-refractivity contribution in [2.24, 2.45) is 4.99 Å². The van der Waals surface area contributed by atoms with Crippen LogP contribution in [0.5, 0.6) is 0 Å². The van der Waals surface area contributed by atoms with E-state index in [0.717, 1.165) is 44.7 Å². The summed E-state index contributed by atoms with van der Waals surface area (Å²) < 4.78 is 5.08. The topological polar surface area (TPSA) is 60.4 Å². The maximum absolute atomic E-state index is 11.8. The molecule has 152 valence electrons. The minimum atomic E-state index is -0.206. The fourth-order valence-electron chi connectivity index (χ4n) is 3.58. The van der Waals surface area contributed by atoms with Crippen LogP contribution in [0.15, 0.2) is 4.99 Å². The number of aliphatic imine (C=N–C) groups is 1. The van der Waals surface area contributed by atoms with E-state index in [4.69, 9.17) is 9.73 Å². The molecule has 1 heterocycles. The number of carbonyl (C=O) groups excluding carboxylic acids is 1. The van der Waals surface area contributed by atoms with Crippen molar-refractivity contribution in [1.82, 2.24) is 20.0 Å². The zero-order valence-electron chi connectivity index (χ0n) is 16.6. The van der Waals surface area contributed by atoms with Crippen molar-refractivity contribution in [2.75, 3.05) is 59.5 Å². The van der Waals surface area contributed by atoms with Gasteiger partial charge in [-0.2, -0.15) is 0 Å². The maximum atomic E-state index is 11.8. The summed E-state index contributed by atoms with van der Waals surface area (Å²) in [5.74, 6) is 0.964. The largest absolute Gasteiger partial charge is 0.450 e. The van der Waals surface area contributed by atoms with E-state index < -0.39 is 0 Å². The van der Waals surface area contributed by atoms with Crippen molar-refractivity contribution in [3.05, 3.63) is 0 Å². The highest BCUT2D eigenvalue weighted by atomic mass is 127. The highest BCUT2D eigenvalue weighted by Crippen LogP contribution is 2.21. The number of piperazine rings is 1. The van der Waals surface area contributed by atoms with E-state index in [1.54, 1.807) is 4.90 Å². The van der Waals surface area contributed by atoms with Crippen LogP contribution in [0.1, 0.15) is 39.5 Å². The van der Waals surface area contributed by atoms with Gasteiger partial charge in [0.25, 0.3) is 0 Å². The summed E-state index contributed by atoms with van der Waals surface area (Å²) in [6.45, 7) is 9.99. The Hall–Kier alpha value is -0.770. The van der Waals surface area contributed by atoms with E-state index in [0.29, 0.717) is 19.7 Å². The number of carbonyl (C=O) groups is 1. The lowest BCUT2D eigenvalue weighted by atomic mass is 10.2. The van der Waals surface area contributed by atoms with Crippen molar-refractivity contribution in [2.45, 2.75) is 45.6 Å². The Bertz CT molecular complexity index is 435. The van der Waals surface area contributed by atoms with Crippen LogP contribution in [0.4, 0.5) is 4.79 Å². The zero-order chi connectivity index (χ0) is 18.1. The monoisotopic (exact) mass is 481 g/mol. The predicted molar refractivity (Wildman–Crippen MR) is 116 cm³/mol. The fraction of sp³-hybridized carbons (Fsp3) is 0.889. The molecule has 0 aromatic heterocycles. The second-order valence-electron chi connectivity index (χ2n) is 6.83. The lowest BCUT2D eigenvalue weighted by Gasteiger charge is -2.36. The molecule has 0 bridgehead atoms. The molecule has 1 aliphatic carbocycles. The number of hydrogen-bond donors (Lipinski definition) is 1. The Labute approximate surface area is 175 Å². The Morgan fingerprint density at radius 3 is 2.35 bits per heavy atom. The first-order valence-corrected chi connectivity index (χ1v) is 9.80. The standard InChI is InChI=1S/C18H35N5O2.HI/c1-4-19-17(20-10-11-21(3)16-8-6-7-9-16)22-12-14-23(15-13-22)18(24)25-5-2;/h16H,4-15H2,1-3H3,(H,19,20);1H. The van der Waals surface area contributed by atoms with Crippen molar-refractivity contribution < 1.29 is 9.53 Å². The number of rotatable bonds is 6. The number of ether oxygens (including phenoxy) is 1. The average Bonchev–Trinajstić information content (AvgIpc) is 3.16. The average molecular weight is 481 g/mol. The molecule has 2 fully saturated rings. The highest BCUT2D eigenvalue weighted by molar-refractivity contribution is 14.0. The van der Waals surface area contributed by atoms with Gasteiger partial charge in [0.2, 0.25) is 0 Å². The van der Waals surface area contributed by atoms with Crippen LogP contribution >= 0.6 is 24.0 Å². The molecule has 7 nitrogen and oxygen atoms in total. The van der Waals surface area contributed by atoms with E-state index in [1.807, 2.05) is 6.92 Å². The number of nitrogens with zero attached hydrogens (tertiary/aromatic N) is 4. The van der Waals surface area contributed by atoms with E-state index in [-0.39, 0.29) is 30.1 Å². The molecule has 1 saturated carbocycles. The summed E-state index contributed by atoms with van der Waals surface area (Å²) in [6, 6.07) is 0.742. The zero-order valence-corrected chi connectivity index (χ0v) is 18.9. The lowest BCUT2D eigenvalue weighted by molar-refractivity contribution is 0.0914. The third kappa shape index (κ3) is 7.09. The second kappa shape index (κ2) is 12.6. The predicted octanol–water partition coefficient (Wildman–Crippen LogP) is 2.22. The van der Waals surface area contributed by atoms with Gasteiger partial charge in [0.05, 0.1) is 13.2 Å². The van der Waals surface area contributed by atoms with E-state index in [9.17, 15) is 4.79 Å². The molecule has 1 aliphatic heterocycles. The van der Waals surface area contributed by atoms with Gasteiger partial charge >= 0.3 is 6.09 Å². The van der Waals surface area contributed by atoms with Gasteiger partial charge < -0.3 is 24.8 Å². The molecule has 2 rings (SSSR count). The van der Waals surface area contributed by atoms with Gasteiger partial charge in [0.15, 0.2) is 5.96 Å². The third-order valence-electron chi connectivity index (χ3n) is 5.10. The van der Waals surface area contributed by atoms with Crippen LogP contribution in [0.2, 0.25) is 0 Å². The molecular formula is C18H36IN5O2. The van der Waals surface area contributed by atoms with Crippen LogP contribution in [-0.4, -0.2) is 92.3 Å². The number of guanidine groups is 1. The van der Waals surface area contributed by atoms with E-state index in [2.05, 4.69) is 29.1 Å². The first-order valence-electron chi connectivity index (χ1n) is 9.80. The quantitative estimate of drug-likeness (QED) is 0.358. The Kier molecular flexibility index (Phi) is 11.3. The summed E-state index contributed by atoms with van der Waals surface area (Å²) in [5, 5.41) is 3.39. The molecule has 0 aromatic rings. The maximum Gasteiger partial charge on any atom is 0.409 e. The first-order chi connectivity index (χ1) is 12.2. The molecule has 1 N–H and O–H groups in total. The summed E-state index contributed by atoms with van der Waals surface area (Å²) in [7, 11) is 2.22. The molecule has 0 unspecified atom stereocenters. The molecule has 0 radical (unpaired) electrons. The SMILES string of the molecule is CCNC(=NCCN(C)C1CCCC1)N1CCN(C(=O)OCC)CC1.I. The van der Waals surface area contributed by atoms with Crippen LogP contribution in [0.25, 0.3) is 0 Å². The summed E-state index contributed by atoms with van der Waals surface area (Å²) in [6.07, 6.45) is 5.19. The molecular weight excluding hydrogens is 445 g/mol. The number of amides is 1. The first kappa shape index (κ1) is 23.3. The van der Waals surface area contributed by atoms with Gasteiger partial charge in [-0.25, -0.2) is 4.79 Å². The normalized spacial score (nSPS) is 18.8. The summed E-state index contributed by atoms with van der Waals surface area (Å²) in [5.41, 5.74) is 0. The molecule has 2 aliphatic rings. The molecule has 26 heavy (non-hydrogen) atoms. The minimum absolute atomic E-state index is 0. The van der Waals surface area contributed by atoms with Gasteiger partial charge in [-0.05, 0) is 33.7 Å². The van der Waals surface area contributed by atoms with Gasteiger partial charge in [-0.3, -0.25) is 4.99 Å². The van der Waals surface area contributed by atoms with Crippen molar-refractivity contribution in [3.8, 4) is 0 Å². The molecule has 0 aromatic carbocycles. The second-order valence-corrected chi connectivity index (χ2v) is 6.83.